The van der Waals surface area contributed by atoms with Crippen LogP contribution in [-0.4, -0.2) is 53.1 Å². The molecule has 1 fully saturated rings. The Hall–Kier alpha value is -3.36. The van der Waals surface area contributed by atoms with Crippen LogP contribution in [0.5, 0.6) is 0 Å². The third kappa shape index (κ3) is 3.87. The highest BCUT2D eigenvalue weighted by Crippen LogP contribution is 2.31. The van der Waals surface area contributed by atoms with Crippen LogP contribution in [0.3, 0.4) is 0 Å². The molecule has 1 saturated heterocycles. The van der Waals surface area contributed by atoms with Gasteiger partial charge >= 0.3 is 0 Å². The molecule has 0 amide bonds. The van der Waals surface area contributed by atoms with E-state index in [-0.39, 0.29) is 0 Å². The molecule has 5 rings (SSSR count). The molecule has 0 bridgehead atoms. The third-order valence-electron chi connectivity index (χ3n) is 5.73. The molecule has 2 aliphatic rings. The van der Waals surface area contributed by atoms with E-state index >= 15 is 0 Å². The lowest BCUT2D eigenvalue weighted by atomic mass is 10.1. The molecule has 0 saturated carbocycles. The number of hydrogen-bond acceptors (Lipinski definition) is 8. The van der Waals surface area contributed by atoms with Gasteiger partial charge in [-0.05, 0) is 30.8 Å². The Morgan fingerprint density at radius 1 is 1.10 bits per heavy atom. The zero-order chi connectivity index (χ0) is 21.2. The van der Waals surface area contributed by atoms with Gasteiger partial charge in [0.1, 0.15) is 10.3 Å². The summed E-state index contributed by atoms with van der Waals surface area (Å²) in [5, 5.41) is 3.94. The average molecular weight is 432 g/mol. The zero-order valence-corrected chi connectivity index (χ0v) is 18.2. The molecule has 3 aromatic rings. The summed E-state index contributed by atoms with van der Waals surface area (Å²) in [5.74, 6) is 0. The first-order valence-corrected chi connectivity index (χ1v) is 11.2. The number of likely N-dealkylation sites (N-methyl/N-ethyl adjacent to an activating group) is 1. The molecule has 3 N–H and O–H groups in total. The normalized spacial score (nSPS) is 17.7. The molecule has 0 radical (unpaired) electrons. The van der Waals surface area contributed by atoms with Crippen LogP contribution in [0.25, 0.3) is 21.6 Å². The van der Waals surface area contributed by atoms with Crippen molar-refractivity contribution in [3.8, 4) is 0 Å². The number of allylic oxidation sites excluding steroid dienone is 2. The van der Waals surface area contributed by atoms with Crippen LogP contribution >= 0.6 is 11.3 Å². The van der Waals surface area contributed by atoms with E-state index in [1.165, 1.54) is 11.3 Å². The SMILES string of the molecule is CN1CCN(c2ccc(C3=CNN(/C(=C\N)c4csc5nccnc45)C=C3)cc2)CC1. The second-order valence-electron chi connectivity index (χ2n) is 7.66. The average Bonchev–Trinajstić information content (AvgIpc) is 3.25. The maximum atomic E-state index is 5.98. The predicted molar refractivity (Wildman–Crippen MR) is 128 cm³/mol. The van der Waals surface area contributed by atoms with Gasteiger partial charge in [-0.25, -0.2) is 4.98 Å². The van der Waals surface area contributed by atoms with Crippen LogP contribution in [0.4, 0.5) is 5.69 Å². The van der Waals surface area contributed by atoms with E-state index in [1.54, 1.807) is 29.9 Å². The lowest BCUT2D eigenvalue weighted by Crippen LogP contribution is -2.44. The van der Waals surface area contributed by atoms with Crippen molar-refractivity contribution in [3.63, 3.8) is 0 Å². The summed E-state index contributed by atoms with van der Waals surface area (Å²) in [6.45, 7) is 4.37. The Bertz CT molecular complexity index is 1150. The molecule has 2 aliphatic heterocycles. The molecule has 0 atom stereocenters. The number of hydrogen-bond donors (Lipinski definition) is 2. The summed E-state index contributed by atoms with van der Waals surface area (Å²) in [6, 6.07) is 8.79. The van der Waals surface area contributed by atoms with Crippen molar-refractivity contribution < 1.29 is 0 Å². The number of anilines is 1. The summed E-state index contributed by atoms with van der Waals surface area (Å²) in [5.41, 5.74) is 15.5. The van der Waals surface area contributed by atoms with Crippen LogP contribution in [-0.2, 0) is 0 Å². The number of benzene rings is 1. The molecule has 2 aromatic heterocycles. The highest BCUT2D eigenvalue weighted by Gasteiger charge is 2.18. The van der Waals surface area contributed by atoms with E-state index in [0.717, 1.165) is 53.4 Å². The monoisotopic (exact) mass is 431 g/mol. The first kappa shape index (κ1) is 19.6. The molecule has 0 unspecified atom stereocenters. The van der Waals surface area contributed by atoms with Crippen LogP contribution in [0.1, 0.15) is 11.1 Å². The van der Waals surface area contributed by atoms with Crippen LogP contribution in [0.15, 0.2) is 66.7 Å². The van der Waals surface area contributed by atoms with Gasteiger partial charge in [0.2, 0.25) is 0 Å². The second kappa shape index (κ2) is 8.41. The van der Waals surface area contributed by atoms with E-state index in [1.807, 2.05) is 22.8 Å². The lowest BCUT2D eigenvalue weighted by Gasteiger charge is -2.34. The lowest BCUT2D eigenvalue weighted by molar-refractivity contribution is 0.313. The molecule has 0 spiro atoms. The number of piperazine rings is 1. The van der Waals surface area contributed by atoms with Crippen LogP contribution in [0, 0.1) is 0 Å². The van der Waals surface area contributed by atoms with Crippen molar-refractivity contribution in [1.82, 2.24) is 25.3 Å². The van der Waals surface area contributed by atoms with Gasteiger partial charge in [-0.2, -0.15) is 0 Å². The largest absolute Gasteiger partial charge is 0.403 e. The number of nitrogens with one attached hydrogen (secondary N) is 1. The van der Waals surface area contributed by atoms with Crippen molar-refractivity contribution in [2.75, 3.05) is 38.1 Å². The van der Waals surface area contributed by atoms with Gasteiger partial charge < -0.3 is 21.0 Å². The summed E-state index contributed by atoms with van der Waals surface area (Å²) >= 11 is 1.56. The minimum Gasteiger partial charge on any atom is -0.403 e. The van der Waals surface area contributed by atoms with E-state index in [0.29, 0.717) is 0 Å². The maximum Gasteiger partial charge on any atom is 0.142 e. The fourth-order valence-corrected chi connectivity index (χ4v) is 4.75. The first-order chi connectivity index (χ1) is 15.2. The van der Waals surface area contributed by atoms with Gasteiger partial charge in [0.15, 0.2) is 0 Å². The van der Waals surface area contributed by atoms with Crippen molar-refractivity contribution in [3.05, 3.63) is 77.8 Å². The van der Waals surface area contributed by atoms with Gasteiger partial charge in [0.05, 0.1) is 5.70 Å². The van der Waals surface area contributed by atoms with Gasteiger partial charge in [-0.15, -0.1) is 11.3 Å². The summed E-state index contributed by atoms with van der Waals surface area (Å²) in [7, 11) is 2.18. The molecule has 7 nitrogen and oxygen atoms in total. The van der Waals surface area contributed by atoms with Crippen molar-refractivity contribution in [1.29, 1.82) is 0 Å². The van der Waals surface area contributed by atoms with Crippen LogP contribution < -0.4 is 16.1 Å². The van der Waals surface area contributed by atoms with E-state index in [2.05, 4.69) is 62.6 Å². The number of thiophene rings is 1. The Balaban J connectivity index is 1.30. The number of aromatic nitrogens is 2. The molecular formula is C23H25N7S. The molecule has 8 heteroatoms. The topological polar surface area (TPSA) is 73.5 Å². The molecule has 158 valence electrons. The molecule has 4 heterocycles. The van der Waals surface area contributed by atoms with Gasteiger partial charge in [-0.3, -0.25) is 9.99 Å². The van der Waals surface area contributed by atoms with Crippen molar-refractivity contribution >= 4 is 38.6 Å². The van der Waals surface area contributed by atoms with Gasteiger partial charge in [-0.1, -0.05) is 12.1 Å². The second-order valence-corrected chi connectivity index (χ2v) is 8.52. The molecular weight excluding hydrogens is 406 g/mol. The molecule has 1 aromatic carbocycles. The summed E-state index contributed by atoms with van der Waals surface area (Å²) in [6.07, 6.45) is 11.1. The molecule has 31 heavy (non-hydrogen) atoms. The highest BCUT2D eigenvalue weighted by molar-refractivity contribution is 7.17. The van der Waals surface area contributed by atoms with Crippen molar-refractivity contribution in [2.45, 2.75) is 0 Å². The summed E-state index contributed by atoms with van der Waals surface area (Å²) < 4.78 is 0. The Labute approximate surface area is 185 Å². The minimum atomic E-state index is 0.837. The Morgan fingerprint density at radius 3 is 2.58 bits per heavy atom. The number of hydrazine groups is 1. The maximum absolute atomic E-state index is 5.98. The highest BCUT2D eigenvalue weighted by atomic mass is 32.1. The van der Waals surface area contributed by atoms with E-state index in [4.69, 9.17) is 5.73 Å². The molecule has 0 aliphatic carbocycles. The number of nitrogens with zero attached hydrogens (tertiary/aromatic N) is 5. The Morgan fingerprint density at radius 2 is 1.87 bits per heavy atom. The van der Waals surface area contributed by atoms with Crippen LogP contribution in [0.2, 0.25) is 0 Å². The van der Waals surface area contributed by atoms with Gasteiger partial charge in [0, 0.05) is 79.4 Å². The zero-order valence-electron chi connectivity index (χ0n) is 17.4. The number of fused-ring (bicyclic) bond motifs is 1. The Kier molecular flexibility index (Phi) is 5.31. The number of rotatable bonds is 4. The van der Waals surface area contributed by atoms with Gasteiger partial charge in [0.25, 0.3) is 0 Å². The van der Waals surface area contributed by atoms with E-state index in [9.17, 15) is 0 Å². The number of nitrogens with two attached hydrogens (primary N) is 1. The van der Waals surface area contributed by atoms with Crippen molar-refractivity contribution in [2.24, 2.45) is 5.73 Å². The minimum absolute atomic E-state index is 0.837. The van der Waals surface area contributed by atoms with E-state index < -0.39 is 0 Å². The quantitative estimate of drug-likeness (QED) is 0.658. The first-order valence-electron chi connectivity index (χ1n) is 10.3. The smallest absolute Gasteiger partial charge is 0.142 e. The fourth-order valence-electron chi connectivity index (χ4n) is 3.89. The third-order valence-corrected chi connectivity index (χ3v) is 6.61. The standard InChI is InChI=1S/C23H25N7S/c1-28-10-12-29(13-11-28)19-4-2-17(3-5-19)18-6-9-30(27-15-18)21(14-24)20-16-31-23-22(20)25-7-8-26-23/h2-9,14-16,27H,10-13,24H2,1H3/b21-14-. The predicted octanol–water partition coefficient (Wildman–Crippen LogP) is 3.08. The summed E-state index contributed by atoms with van der Waals surface area (Å²) in [4.78, 5) is 14.6. The fraction of sp³-hybridized carbons (Fsp3) is 0.217.